The second-order valence-electron chi connectivity index (χ2n) is 4.71. The highest BCUT2D eigenvalue weighted by Crippen LogP contribution is 2.21. The van der Waals surface area contributed by atoms with Crippen LogP contribution in [-0.4, -0.2) is 11.6 Å². The van der Waals surface area contributed by atoms with Gasteiger partial charge in [-0.2, -0.15) is 5.10 Å². The number of hydrogen-bond donors (Lipinski definition) is 1. The van der Waals surface area contributed by atoms with Crippen LogP contribution in [0, 0.1) is 0 Å². The molecule has 0 saturated carbocycles. The van der Waals surface area contributed by atoms with Gasteiger partial charge in [-0.25, -0.2) is 5.43 Å². The van der Waals surface area contributed by atoms with Crippen LogP contribution in [0.25, 0.3) is 0 Å². The van der Waals surface area contributed by atoms with Crippen LogP contribution in [0.4, 0.5) is 0 Å². The quantitative estimate of drug-likeness (QED) is 0.627. The summed E-state index contributed by atoms with van der Waals surface area (Å²) in [5.41, 5.74) is 6.20. The van der Waals surface area contributed by atoms with Crippen molar-refractivity contribution in [2.45, 2.75) is 45.4 Å². The van der Waals surface area contributed by atoms with Crippen LogP contribution in [-0.2, 0) is 11.2 Å². The zero-order chi connectivity index (χ0) is 12.8. The van der Waals surface area contributed by atoms with E-state index in [-0.39, 0.29) is 5.91 Å². The fourth-order valence-corrected chi connectivity index (χ4v) is 2.24. The van der Waals surface area contributed by atoms with E-state index in [1.54, 1.807) is 0 Å². The van der Waals surface area contributed by atoms with E-state index < -0.39 is 0 Å². The van der Waals surface area contributed by atoms with Crippen LogP contribution in [0.5, 0.6) is 0 Å². The maximum Gasteiger partial charge on any atom is 0.240 e. The van der Waals surface area contributed by atoms with Crippen molar-refractivity contribution in [3.05, 3.63) is 35.4 Å². The Labute approximate surface area is 108 Å². The van der Waals surface area contributed by atoms with Gasteiger partial charge in [0.2, 0.25) is 5.91 Å². The number of nitrogens with one attached hydrogen (secondary N) is 1. The Morgan fingerprint density at radius 2 is 2.11 bits per heavy atom. The van der Waals surface area contributed by atoms with E-state index in [1.165, 1.54) is 11.1 Å². The van der Waals surface area contributed by atoms with Crippen LogP contribution in [0.3, 0.4) is 0 Å². The Kier molecular flexibility index (Phi) is 4.51. The number of amides is 1. The fourth-order valence-electron chi connectivity index (χ4n) is 2.24. The first-order valence-corrected chi connectivity index (χ1v) is 6.75. The van der Waals surface area contributed by atoms with E-state index >= 15 is 0 Å². The van der Waals surface area contributed by atoms with Crippen molar-refractivity contribution in [2.75, 3.05) is 0 Å². The van der Waals surface area contributed by atoms with Gasteiger partial charge in [0.1, 0.15) is 0 Å². The monoisotopic (exact) mass is 244 g/mol. The van der Waals surface area contributed by atoms with Crippen molar-refractivity contribution in [3.8, 4) is 0 Å². The maximum absolute atomic E-state index is 11.6. The molecule has 0 bridgehead atoms. The van der Waals surface area contributed by atoms with Gasteiger partial charge in [0.05, 0.1) is 5.71 Å². The topological polar surface area (TPSA) is 41.5 Å². The minimum absolute atomic E-state index is 0.0281. The summed E-state index contributed by atoms with van der Waals surface area (Å²) in [5, 5.41) is 4.26. The van der Waals surface area contributed by atoms with E-state index in [1.807, 2.05) is 12.1 Å². The Morgan fingerprint density at radius 3 is 2.94 bits per heavy atom. The molecule has 2 rings (SSSR count). The molecule has 1 amide bonds. The van der Waals surface area contributed by atoms with Gasteiger partial charge < -0.3 is 0 Å². The van der Waals surface area contributed by atoms with Crippen molar-refractivity contribution < 1.29 is 4.79 Å². The normalized spacial score (nSPS) is 15.7. The summed E-state index contributed by atoms with van der Waals surface area (Å²) in [6, 6.07) is 8.26. The molecule has 0 aromatic heterocycles. The first kappa shape index (κ1) is 12.8. The van der Waals surface area contributed by atoms with Crippen molar-refractivity contribution in [1.29, 1.82) is 0 Å². The van der Waals surface area contributed by atoms with Gasteiger partial charge in [0.25, 0.3) is 0 Å². The predicted octanol–water partition coefficient (Wildman–Crippen LogP) is 3.03. The lowest BCUT2D eigenvalue weighted by Crippen LogP contribution is -2.18. The average Bonchev–Trinajstić information content (AvgIpc) is 2.80. The SMILES string of the molecule is CCCCCC(=O)NN=C1CCc2ccccc21. The van der Waals surface area contributed by atoms with Gasteiger partial charge in [0.15, 0.2) is 0 Å². The largest absolute Gasteiger partial charge is 0.273 e. The average molecular weight is 244 g/mol. The van der Waals surface area contributed by atoms with Gasteiger partial charge in [-0.3, -0.25) is 4.79 Å². The number of unbranched alkanes of at least 4 members (excludes halogenated alkanes) is 2. The van der Waals surface area contributed by atoms with Crippen molar-refractivity contribution in [3.63, 3.8) is 0 Å². The third-order valence-corrected chi connectivity index (χ3v) is 3.28. The predicted molar refractivity (Wildman–Crippen MR) is 73.6 cm³/mol. The summed E-state index contributed by atoms with van der Waals surface area (Å²) in [7, 11) is 0. The highest BCUT2D eigenvalue weighted by molar-refractivity contribution is 6.04. The number of hydrogen-bond acceptors (Lipinski definition) is 2. The van der Waals surface area contributed by atoms with Crippen molar-refractivity contribution in [1.82, 2.24) is 5.43 Å². The van der Waals surface area contributed by atoms with Gasteiger partial charge in [-0.15, -0.1) is 0 Å². The minimum atomic E-state index is 0.0281. The van der Waals surface area contributed by atoms with Crippen LogP contribution in [0.2, 0.25) is 0 Å². The number of fused-ring (bicyclic) bond motifs is 1. The van der Waals surface area contributed by atoms with Crippen LogP contribution >= 0.6 is 0 Å². The fraction of sp³-hybridized carbons (Fsp3) is 0.467. The number of aryl methyl sites for hydroxylation is 1. The highest BCUT2D eigenvalue weighted by Gasteiger charge is 2.16. The molecule has 3 heteroatoms. The molecule has 0 radical (unpaired) electrons. The molecule has 0 atom stereocenters. The Morgan fingerprint density at radius 1 is 1.28 bits per heavy atom. The summed E-state index contributed by atoms with van der Waals surface area (Å²) in [5.74, 6) is 0.0281. The lowest BCUT2D eigenvalue weighted by atomic mass is 10.1. The van der Waals surface area contributed by atoms with Crippen molar-refractivity contribution in [2.24, 2.45) is 5.10 Å². The lowest BCUT2D eigenvalue weighted by molar-refractivity contribution is -0.121. The number of hydrazone groups is 1. The molecule has 0 saturated heterocycles. The Balaban J connectivity index is 1.89. The van der Waals surface area contributed by atoms with E-state index in [0.717, 1.165) is 37.8 Å². The molecule has 18 heavy (non-hydrogen) atoms. The number of nitrogens with zero attached hydrogens (tertiary/aromatic N) is 1. The molecule has 0 fully saturated rings. The summed E-state index contributed by atoms with van der Waals surface area (Å²) < 4.78 is 0. The van der Waals surface area contributed by atoms with Crippen molar-refractivity contribution >= 4 is 11.6 Å². The second-order valence-corrected chi connectivity index (χ2v) is 4.71. The van der Waals surface area contributed by atoms with Gasteiger partial charge in [-0.1, -0.05) is 44.0 Å². The van der Waals surface area contributed by atoms with E-state index in [2.05, 4.69) is 29.6 Å². The molecule has 0 aliphatic heterocycles. The van der Waals surface area contributed by atoms with Crippen LogP contribution < -0.4 is 5.43 Å². The third-order valence-electron chi connectivity index (χ3n) is 3.28. The summed E-state index contributed by atoms with van der Waals surface area (Å²) >= 11 is 0. The van der Waals surface area contributed by atoms with E-state index in [9.17, 15) is 4.79 Å². The molecule has 0 unspecified atom stereocenters. The molecular weight excluding hydrogens is 224 g/mol. The molecule has 3 nitrogen and oxygen atoms in total. The molecule has 96 valence electrons. The molecule has 1 N–H and O–H groups in total. The molecule has 1 aliphatic rings. The zero-order valence-corrected chi connectivity index (χ0v) is 10.9. The molecule has 1 aromatic carbocycles. The second kappa shape index (κ2) is 6.34. The molecule has 0 spiro atoms. The summed E-state index contributed by atoms with van der Waals surface area (Å²) in [4.78, 5) is 11.6. The summed E-state index contributed by atoms with van der Waals surface area (Å²) in [6.07, 6.45) is 5.72. The number of rotatable bonds is 5. The highest BCUT2D eigenvalue weighted by atomic mass is 16.2. The zero-order valence-electron chi connectivity index (χ0n) is 10.9. The Bertz CT molecular complexity index is 452. The lowest BCUT2D eigenvalue weighted by Gasteiger charge is -2.02. The van der Waals surface area contributed by atoms with Crippen LogP contribution in [0.1, 0.15) is 50.2 Å². The first-order valence-electron chi connectivity index (χ1n) is 6.75. The third kappa shape index (κ3) is 3.19. The minimum Gasteiger partial charge on any atom is -0.273 e. The van der Waals surface area contributed by atoms with Gasteiger partial charge in [0, 0.05) is 12.0 Å². The molecule has 1 aliphatic carbocycles. The Hall–Kier alpha value is -1.64. The number of carbonyl (C=O) groups is 1. The molecule has 0 heterocycles. The standard InChI is InChI=1S/C15H20N2O/c1-2-3-4-9-15(18)17-16-14-11-10-12-7-5-6-8-13(12)14/h5-8H,2-4,9-11H2,1H3,(H,17,18). The smallest absolute Gasteiger partial charge is 0.240 e. The van der Waals surface area contributed by atoms with Gasteiger partial charge >= 0.3 is 0 Å². The van der Waals surface area contributed by atoms with E-state index in [0.29, 0.717) is 6.42 Å². The van der Waals surface area contributed by atoms with E-state index in [4.69, 9.17) is 0 Å². The first-order chi connectivity index (χ1) is 8.81. The molecule has 1 aromatic rings. The van der Waals surface area contributed by atoms with Crippen LogP contribution in [0.15, 0.2) is 29.4 Å². The number of benzene rings is 1. The number of carbonyl (C=O) groups excluding carboxylic acids is 1. The summed E-state index contributed by atoms with van der Waals surface area (Å²) in [6.45, 7) is 2.13. The molecular formula is C15H20N2O. The van der Waals surface area contributed by atoms with Gasteiger partial charge in [-0.05, 0) is 24.8 Å². The maximum atomic E-state index is 11.6.